The van der Waals surface area contributed by atoms with E-state index in [2.05, 4.69) is 0 Å². The number of rotatable bonds is 4. The molecule has 25 heavy (non-hydrogen) atoms. The number of allylic oxidation sites excluding steroid dienone is 1. The molecule has 134 valence electrons. The maximum absolute atomic E-state index is 13.1. The van der Waals surface area contributed by atoms with Crippen molar-refractivity contribution in [2.24, 2.45) is 11.8 Å². The van der Waals surface area contributed by atoms with Gasteiger partial charge in [0.15, 0.2) is 4.90 Å². The molecule has 3 atom stereocenters. The smallest absolute Gasteiger partial charge is 0.258 e. The van der Waals surface area contributed by atoms with Gasteiger partial charge in [0.2, 0.25) is 10.0 Å². The fourth-order valence-corrected chi connectivity index (χ4v) is 5.59. The lowest BCUT2D eigenvalue weighted by atomic mass is 9.86. The molecule has 0 saturated carbocycles. The molecule has 9 nitrogen and oxygen atoms in total. The van der Waals surface area contributed by atoms with Gasteiger partial charge in [-0.05, 0) is 30.7 Å². The summed E-state index contributed by atoms with van der Waals surface area (Å²) in [4.78, 5) is 20.0. The highest BCUT2D eigenvalue weighted by Gasteiger charge is 2.46. The summed E-state index contributed by atoms with van der Waals surface area (Å²) in [6.07, 6.45) is 5.45. The Bertz CT molecular complexity index is 866. The van der Waals surface area contributed by atoms with Crippen LogP contribution in [0.3, 0.4) is 0 Å². The van der Waals surface area contributed by atoms with Crippen LogP contribution in [0.4, 0.5) is 11.4 Å². The van der Waals surface area contributed by atoms with E-state index in [1.165, 1.54) is 4.31 Å². The van der Waals surface area contributed by atoms with Gasteiger partial charge < -0.3 is 0 Å². The Kier molecular flexibility index (Phi) is 4.33. The fourth-order valence-electron chi connectivity index (χ4n) is 3.67. The minimum absolute atomic E-state index is 0.0839. The standard InChI is InChI=1S/C15H17N3O6S/c1-10-9-16(13-5-3-2-4-12(10)13)25(23,24)15-7-6-11(17(19)20)8-14(15)18(21)22/h2,4,6-8,10,12-13H,3,5,9H2,1H3/t10-,12+,13+/m0/s1. The van der Waals surface area contributed by atoms with Crippen molar-refractivity contribution in [3.8, 4) is 0 Å². The Labute approximate surface area is 144 Å². The predicted molar refractivity (Wildman–Crippen MR) is 88.5 cm³/mol. The first-order valence-electron chi connectivity index (χ1n) is 7.85. The molecule has 1 fully saturated rings. The van der Waals surface area contributed by atoms with Gasteiger partial charge in [-0.15, -0.1) is 0 Å². The zero-order chi connectivity index (χ0) is 18.4. The van der Waals surface area contributed by atoms with E-state index < -0.39 is 36.1 Å². The number of sulfonamides is 1. The molecule has 0 aromatic heterocycles. The van der Waals surface area contributed by atoms with Crippen LogP contribution in [-0.4, -0.2) is 35.2 Å². The van der Waals surface area contributed by atoms with Crippen LogP contribution in [-0.2, 0) is 10.0 Å². The van der Waals surface area contributed by atoms with Gasteiger partial charge in [0.05, 0.1) is 15.9 Å². The molecule has 0 bridgehead atoms. The Morgan fingerprint density at radius 3 is 2.56 bits per heavy atom. The van der Waals surface area contributed by atoms with E-state index in [0.717, 1.165) is 18.6 Å². The molecule has 1 saturated heterocycles. The van der Waals surface area contributed by atoms with Gasteiger partial charge in [0, 0.05) is 18.7 Å². The number of hydrogen-bond acceptors (Lipinski definition) is 6. The first-order chi connectivity index (χ1) is 11.7. The van der Waals surface area contributed by atoms with Crippen molar-refractivity contribution < 1.29 is 18.3 Å². The van der Waals surface area contributed by atoms with E-state index >= 15 is 0 Å². The highest BCUT2D eigenvalue weighted by Crippen LogP contribution is 2.41. The van der Waals surface area contributed by atoms with E-state index in [9.17, 15) is 28.6 Å². The molecule has 2 aliphatic rings. The second-order valence-electron chi connectivity index (χ2n) is 6.37. The number of nitro benzene ring substituents is 2. The number of nitro groups is 2. The summed E-state index contributed by atoms with van der Waals surface area (Å²) >= 11 is 0. The third-order valence-electron chi connectivity index (χ3n) is 4.86. The van der Waals surface area contributed by atoms with E-state index in [1.54, 1.807) is 0 Å². The maximum atomic E-state index is 13.1. The Hall–Kier alpha value is -2.33. The molecule has 0 N–H and O–H groups in total. The molecular formula is C15H17N3O6S. The average molecular weight is 367 g/mol. The van der Waals surface area contributed by atoms with E-state index in [4.69, 9.17) is 0 Å². The number of nitrogens with zero attached hydrogens (tertiary/aromatic N) is 3. The molecule has 3 rings (SSSR count). The number of benzene rings is 1. The highest BCUT2D eigenvalue weighted by molar-refractivity contribution is 7.89. The summed E-state index contributed by atoms with van der Waals surface area (Å²) in [6.45, 7) is 2.23. The summed E-state index contributed by atoms with van der Waals surface area (Å²) < 4.78 is 27.5. The summed E-state index contributed by atoms with van der Waals surface area (Å²) in [5.41, 5.74) is -1.28. The SMILES string of the molecule is C[C@H]1CN(S(=O)(=O)c2ccc([N+](=O)[O-])cc2[N+](=O)[O-])[C@@H]2CCC=C[C@@H]21. The zero-order valence-electron chi connectivity index (χ0n) is 13.4. The first kappa shape index (κ1) is 17.5. The monoisotopic (exact) mass is 367 g/mol. The molecule has 1 aromatic carbocycles. The molecule has 1 aliphatic heterocycles. The van der Waals surface area contributed by atoms with E-state index in [0.29, 0.717) is 12.5 Å². The van der Waals surface area contributed by atoms with Crippen LogP contribution in [0.25, 0.3) is 0 Å². The van der Waals surface area contributed by atoms with Crippen molar-refractivity contribution in [1.29, 1.82) is 0 Å². The highest BCUT2D eigenvalue weighted by atomic mass is 32.2. The van der Waals surface area contributed by atoms with Gasteiger partial charge in [-0.2, -0.15) is 4.31 Å². The largest absolute Gasteiger partial charge is 0.296 e. The van der Waals surface area contributed by atoms with Gasteiger partial charge in [-0.1, -0.05) is 19.1 Å². The normalized spacial score (nSPS) is 26.4. The Balaban J connectivity index is 2.07. The molecular weight excluding hydrogens is 350 g/mol. The second-order valence-corrected chi connectivity index (χ2v) is 8.23. The molecule has 0 amide bonds. The van der Waals surface area contributed by atoms with Crippen molar-refractivity contribution >= 4 is 21.4 Å². The molecule has 1 aliphatic carbocycles. The lowest BCUT2D eigenvalue weighted by molar-refractivity contribution is -0.396. The summed E-state index contributed by atoms with van der Waals surface area (Å²) in [7, 11) is -4.12. The summed E-state index contributed by atoms with van der Waals surface area (Å²) in [5, 5.41) is 22.1. The minimum Gasteiger partial charge on any atom is -0.258 e. The average Bonchev–Trinajstić information content (AvgIpc) is 2.92. The molecule has 0 spiro atoms. The third-order valence-corrected chi connectivity index (χ3v) is 6.80. The Morgan fingerprint density at radius 1 is 1.20 bits per heavy atom. The van der Waals surface area contributed by atoms with Crippen LogP contribution in [0, 0.1) is 32.1 Å². The number of non-ortho nitro benzene ring substituents is 1. The van der Waals surface area contributed by atoms with E-state index in [1.807, 2.05) is 19.1 Å². The van der Waals surface area contributed by atoms with Gasteiger partial charge in [-0.25, -0.2) is 8.42 Å². The van der Waals surface area contributed by atoms with Crippen LogP contribution >= 0.6 is 0 Å². The van der Waals surface area contributed by atoms with Gasteiger partial charge >= 0.3 is 0 Å². The quantitative estimate of drug-likeness (QED) is 0.457. The van der Waals surface area contributed by atoms with Gasteiger partial charge in [0.25, 0.3) is 11.4 Å². The van der Waals surface area contributed by atoms with Crippen molar-refractivity contribution in [3.05, 3.63) is 50.6 Å². The van der Waals surface area contributed by atoms with Crippen LogP contribution in [0.15, 0.2) is 35.2 Å². The van der Waals surface area contributed by atoms with Crippen molar-refractivity contribution in [2.45, 2.75) is 30.7 Å². The van der Waals surface area contributed by atoms with Gasteiger partial charge in [-0.3, -0.25) is 20.2 Å². The summed E-state index contributed by atoms with van der Waals surface area (Å²) in [6, 6.07) is 2.41. The van der Waals surface area contributed by atoms with Crippen molar-refractivity contribution in [1.82, 2.24) is 4.31 Å². The first-order valence-corrected chi connectivity index (χ1v) is 9.29. The molecule has 1 aromatic rings. The molecule has 0 unspecified atom stereocenters. The lowest BCUT2D eigenvalue weighted by Crippen LogP contribution is -2.38. The van der Waals surface area contributed by atoms with Crippen LogP contribution in [0.1, 0.15) is 19.8 Å². The number of fused-ring (bicyclic) bond motifs is 1. The van der Waals surface area contributed by atoms with Crippen LogP contribution < -0.4 is 0 Å². The van der Waals surface area contributed by atoms with Gasteiger partial charge in [0.1, 0.15) is 0 Å². The molecule has 10 heteroatoms. The maximum Gasteiger partial charge on any atom is 0.296 e. The van der Waals surface area contributed by atoms with Crippen LogP contribution in [0.2, 0.25) is 0 Å². The second kappa shape index (κ2) is 6.19. The minimum atomic E-state index is -4.12. The zero-order valence-corrected chi connectivity index (χ0v) is 14.3. The van der Waals surface area contributed by atoms with Crippen LogP contribution in [0.5, 0.6) is 0 Å². The molecule has 0 radical (unpaired) electrons. The van der Waals surface area contributed by atoms with Crippen molar-refractivity contribution in [3.63, 3.8) is 0 Å². The fraction of sp³-hybridized carbons (Fsp3) is 0.467. The Morgan fingerprint density at radius 2 is 1.92 bits per heavy atom. The molecule has 1 heterocycles. The topological polar surface area (TPSA) is 124 Å². The number of hydrogen-bond donors (Lipinski definition) is 0. The summed E-state index contributed by atoms with van der Waals surface area (Å²) in [5.74, 6) is 0.189. The predicted octanol–water partition coefficient (Wildman–Crippen LogP) is 2.48. The van der Waals surface area contributed by atoms with E-state index in [-0.39, 0.29) is 24.4 Å². The third kappa shape index (κ3) is 2.91. The van der Waals surface area contributed by atoms with Crippen molar-refractivity contribution in [2.75, 3.05) is 6.54 Å². The lowest BCUT2D eigenvalue weighted by Gasteiger charge is -2.28.